The third-order valence-corrected chi connectivity index (χ3v) is 3.48. The Morgan fingerprint density at radius 3 is 2.65 bits per heavy atom. The molecule has 1 fully saturated rings. The first kappa shape index (κ1) is 12.6. The van der Waals surface area contributed by atoms with Gasteiger partial charge in [0.05, 0.1) is 5.56 Å². The van der Waals surface area contributed by atoms with Crippen molar-refractivity contribution in [3.8, 4) is 0 Å². The highest BCUT2D eigenvalue weighted by molar-refractivity contribution is 6.34. The smallest absolute Gasteiger partial charge is 0.257 e. The van der Waals surface area contributed by atoms with Crippen molar-refractivity contribution in [1.29, 1.82) is 0 Å². The largest absolute Gasteiger partial charge is 0.339 e. The van der Waals surface area contributed by atoms with Crippen molar-refractivity contribution in [3.63, 3.8) is 0 Å². The number of amides is 1. The van der Waals surface area contributed by atoms with Crippen molar-refractivity contribution in [3.05, 3.63) is 21.9 Å². The third-order valence-electron chi connectivity index (χ3n) is 3.02. The second-order valence-corrected chi connectivity index (χ2v) is 5.09. The van der Waals surface area contributed by atoms with E-state index in [9.17, 15) is 4.79 Å². The molecule has 1 aliphatic rings. The second kappa shape index (κ2) is 5.19. The van der Waals surface area contributed by atoms with E-state index in [-0.39, 0.29) is 16.2 Å². The number of halogens is 2. The van der Waals surface area contributed by atoms with Crippen molar-refractivity contribution >= 4 is 29.1 Å². The molecule has 0 N–H and O–H groups in total. The van der Waals surface area contributed by atoms with E-state index in [2.05, 4.69) is 17.1 Å². The number of hydrogen-bond acceptors (Lipinski definition) is 3. The lowest BCUT2D eigenvalue weighted by Gasteiger charge is -2.30. The highest BCUT2D eigenvalue weighted by Gasteiger charge is 2.23. The number of hydrogen-bond donors (Lipinski definition) is 0. The zero-order valence-corrected chi connectivity index (χ0v) is 11.0. The molecule has 1 aliphatic heterocycles. The normalized spacial score (nSPS) is 17.2. The number of carbonyl (C=O) groups is 1. The quantitative estimate of drug-likeness (QED) is 0.790. The van der Waals surface area contributed by atoms with Gasteiger partial charge < -0.3 is 4.90 Å². The van der Waals surface area contributed by atoms with Gasteiger partial charge in [-0.2, -0.15) is 0 Å². The molecule has 4 nitrogen and oxygen atoms in total. The molecule has 0 radical (unpaired) electrons. The van der Waals surface area contributed by atoms with Crippen LogP contribution in [0.1, 0.15) is 30.1 Å². The molecule has 0 saturated carbocycles. The molecule has 6 heteroatoms. The topological polar surface area (TPSA) is 46.1 Å². The lowest BCUT2D eigenvalue weighted by atomic mass is 9.99. The van der Waals surface area contributed by atoms with Crippen molar-refractivity contribution in [2.24, 2.45) is 5.92 Å². The molecular formula is C11H13Cl2N3O. The summed E-state index contributed by atoms with van der Waals surface area (Å²) in [7, 11) is 0. The number of aromatic nitrogens is 2. The molecule has 1 amide bonds. The van der Waals surface area contributed by atoms with Gasteiger partial charge in [-0.1, -0.05) is 30.1 Å². The van der Waals surface area contributed by atoms with Gasteiger partial charge in [0.25, 0.3) is 5.91 Å². The SMILES string of the molecule is CC1CCN(C(=O)c2cc(Cl)nnc2Cl)CC1. The molecule has 0 spiro atoms. The molecule has 0 aromatic carbocycles. The van der Waals surface area contributed by atoms with E-state index < -0.39 is 0 Å². The second-order valence-electron chi connectivity index (χ2n) is 4.35. The van der Waals surface area contributed by atoms with Crippen LogP contribution in [0.5, 0.6) is 0 Å². The van der Waals surface area contributed by atoms with E-state index in [1.165, 1.54) is 6.07 Å². The molecule has 17 heavy (non-hydrogen) atoms. The minimum Gasteiger partial charge on any atom is -0.339 e. The van der Waals surface area contributed by atoms with Crippen LogP contribution in [0.15, 0.2) is 6.07 Å². The zero-order valence-electron chi connectivity index (χ0n) is 9.49. The van der Waals surface area contributed by atoms with Crippen LogP contribution in [0.2, 0.25) is 10.3 Å². The van der Waals surface area contributed by atoms with Gasteiger partial charge in [-0.25, -0.2) is 0 Å². The molecule has 1 saturated heterocycles. The van der Waals surface area contributed by atoms with E-state index in [0.717, 1.165) is 25.9 Å². The highest BCUT2D eigenvalue weighted by atomic mass is 35.5. The average molecular weight is 274 g/mol. The van der Waals surface area contributed by atoms with E-state index in [1.807, 2.05) is 0 Å². The van der Waals surface area contributed by atoms with Crippen molar-refractivity contribution in [2.75, 3.05) is 13.1 Å². The van der Waals surface area contributed by atoms with Gasteiger partial charge in [-0.15, -0.1) is 10.2 Å². The zero-order chi connectivity index (χ0) is 12.4. The molecule has 1 aromatic heterocycles. The summed E-state index contributed by atoms with van der Waals surface area (Å²) in [6.45, 7) is 3.71. The maximum atomic E-state index is 12.2. The van der Waals surface area contributed by atoms with Gasteiger partial charge in [0.2, 0.25) is 0 Å². The van der Waals surface area contributed by atoms with Crippen LogP contribution in [-0.2, 0) is 0 Å². The Morgan fingerprint density at radius 2 is 2.00 bits per heavy atom. The van der Waals surface area contributed by atoms with Gasteiger partial charge in [-0.3, -0.25) is 4.79 Å². The first-order valence-corrected chi connectivity index (χ1v) is 6.31. The Morgan fingerprint density at radius 1 is 1.35 bits per heavy atom. The van der Waals surface area contributed by atoms with Gasteiger partial charge >= 0.3 is 0 Å². The summed E-state index contributed by atoms with van der Waals surface area (Å²) < 4.78 is 0. The summed E-state index contributed by atoms with van der Waals surface area (Å²) in [5, 5.41) is 7.53. The van der Waals surface area contributed by atoms with Crippen LogP contribution in [0.4, 0.5) is 0 Å². The van der Waals surface area contributed by atoms with E-state index in [0.29, 0.717) is 11.5 Å². The average Bonchev–Trinajstić information content (AvgIpc) is 2.32. The monoisotopic (exact) mass is 273 g/mol. The number of piperidine rings is 1. The van der Waals surface area contributed by atoms with Crippen molar-refractivity contribution < 1.29 is 4.79 Å². The molecule has 1 aromatic rings. The maximum absolute atomic E-state index is 12.2. The number of carbonyl (C=O) groups excluding carboxylic acids is 1. The third kappa shape index (κ3) is 2.87. The van der Waals surface area contributed by atoms with Gasteiger partial charge in [0.1, 0.15) is 0 Å². The van der Waals surface area contributed by atoms with Crippen LogP contribution in [0, 0.1) is 5.92 Å². The van der Waals surface area contributed by atoms with E-state index >= 15 is 0 Å². The fraction of sp³-hybridized carbons (Fsp3) is 0.545. The fourth-order valence-corrected chi connectivity index (χ4v) is 2.21. The minimum absolute atomic E-state index is 0.109. The molecule has 2 rings (SSSR count). The van der Waals surface area contributed by atoms with Gasteiger partial charge in [0.15, 0.2) is 10.3 Å². The predicted molar refractivity (Wildman–Crippen MR) is 66.4 cm³/mol. The Kier molecular flexibility index (Phi) is 3.84. The molecule has 0 aliphatic carbocycles. The number of rotatable bonds is 1. The van der Waals surface area contributed by atoms with Crippen LogP contribution in [-0.4, -0.2) is 34.1 Å². The van der Waals surface area contributed by atoms with Crippen molar-refractivity contribution in [2.45, 2.75) is 19.8 Å². The first-order chi connectivity index (χ1) is 8.08. The summed E-state index contributed by atoms with van der Waals surface area (Å²) in [5.41, 5.74) is 0.334. The minimum atomic E-state index is -0.112. The number of likely N-dealkylation sites (tertiary alicyclic amines) is 1. The van der Waals surface area contributed by atoms with Crippen LogP contribution in [0.25, 0.3) is 0 Å². The molecule has 0 unspecified atom stereocenters. The van der Waals surface area contributed by atoms with Gasteiger partial charge in [-0.05, 0) is 24.8 Å². The lowest BCUT2D eigenvalue weighted by molar-refractivity contribution is 0.0697. The van der Waals surface area contributed by atoms with Crippen LogP contribution >= 0.6 is 23.2 Å². The molecular weight excluding hydrogens is 261 g/mol. The molecule has 0 atom stereocenters. The summed E-state index contributed by atoms with van der Waals surface area (Å²) in [6, 6.07) is 1.47. The molecule has 92 valence electrons. The Hall–Kier alpha value is -0.870. The van der Waals surface area contributed by atoms with Gasteiger partial charge in [0, 0.05) is 13.1 Å². The summed E-state index contributed by atoms with van der Waals surface area (Å²) in [5.74, 6) is 0.562. The predicted octanol–water partition coefficient (Wildman–Crippen LogP) is 2.66. The Balaban J connectivity index is 2.16. The van der Waals surface area contributed by atoms with E-state index in [4.69, 9.17) is 23.2 Å². The Labute approximate surface area is 110 Å². The summed E-state index contributed by atoms with van der Waals surface area (Å²) >= 11 is 11.6. The lowest BCUT2D eigenvalue weighted by Crippen LogP contribution is -2.38. The maximum Gasteiger partial charge on any atom is 0.257 e. The van der Waals surface area contributed by atoms with Crippen molar-refractivity contribution in [1.82, 2.24) is 15.1 Å². The summed E-state index contributed by atoms with van der Waals surface area (Å²) in [6.07, 6.45) is 2.05. The molecule has 0 bridgehead atoms. The van der Waals surface area contributed by atoms with Crippen LogP contribution in [0.3, 0.4) is 0 Å². The molecule has 2 heterocycles. The van der Waals surface area contributed by atoms with E-state index in [1.54, 1.807) is 4.90 Å². The number of nitrogens with zero attached hydrogens (tertiary/aromatic N) is 3. The first-order valence-electron chi connectivity index (χ1n) is 5.56. The summed E-state index contributed by atoms with van der Waals surface area (Å²) in [4.78, 5) is 14.0. The Bertz CT molecular complexity index is 431. The van der Waals surface area contributed by atoms with Crippen LogP contribution < -0.4 is 0 Å². The fourth-order valence-electron chi connectivity index (χ4n) is 1.89. The highest BCUT2D eigenvalue weighted by Crippen LogP contribution is 2.21. The standard InChI is InChI=1S/C11H13Cl2N3O/c1-7-2-4-16(5-3-7)11(17)8-6-9(12)14-15-10(8)13/h6-7H,2-5H2,1H3.